The number of halogens is 1. The molecular weight excluding hydrogens is 255 g/mol. The number of hydrogen-bond donors (Lipinski definition) is 1. The van der Waals surface area contributed by atoms with E-state index in [-0.39, 0.29) is 17.3 Å². The predicted octanol–water partition coefficient (Wildman–Crippen LogP) is 3.57. The Bertz CT molecular complexity index is 508. The lowest BCUT2D eigenvalue weighted by Gasteiger charge is -2.31. The van der Waals surface area contributed by atoms with Crippen molar-refractivity contribution in [3.8, 4) is 11.8 Å². The van der Waals surface area contributed by atoms with Crippen molar-refractivity contribution in [3.05, 3.63) is 29.6 Å². The summed E-state index contributed by atoms with van der Waals surface area (Å²) < 4.78 is 18.9. The van der Waals surface area contributed by atoms with Crippen LogP contribution in [0.25, 0.3) is 0 Å². The fourth-order valence-corrected chi connectivity index (χ4v) is 2.46. The zero-order chi connectivity index (χ0) is 14.6. The first-order chi connectivity index (χ1) is 9.52. The van der Waals surface area contributed by atoms with Crippen molar-refractivity contribution in [2.45, 2.75) is 39.2 Å². The molecule has 3 nitrogen and oxygen atoms in total. The van der Waals surface area contributed by atoms with Crippen molar-refractivity contribution in [2.75, 3.05) is 13.2 Å². The number of ether oxygens (including phenoxy) is 1. The van der Waals surface area contributed by atoms with Crippen LogP contribution in [-0.4, -0.2) is 13.2 Å². The molecule has 0 aromatic heterocycles. The molecule has 4 heteroatoms. The molecule has 108 valence electrons. The highest BCUT2D eigenvalue weighted by molar-refractivity contribution is 5.38. The molecule has 0 unspecified atom stereocenters. The Kier molecular flexibility index (Phi) is 4.61. The van der Waals surface area contributed by atoms with Crippen LogP contribution >= 0.6 is 0 Å². The Morgan fingerprint density at radius 1 is 1.50 bits per heavy atom. The van der Waals surface area contributed by atoms with Crippen LogP contribution in [0.3, 0.4) is 0 Å². The van der Waals surface area contributed by atoms with Gasteiger partial charge in [0.05, 0.1) is 12.7 Å². The average molecular weight is 276 g/mol. The second kappa shape index (κ2) is 6.23. The number of nitriles is 1. The third-order valence-corrected chi connectivity index (χ3v) is 3.75. The second-order valence-corrected chi connectivity index (χ2v) is 6.08. The lowest BCUT2D eigenvalue weighted by molar-refractivity contribution is 0.231. The van der Waals surface area contributed by atoms with Gasteiger partial charge in [-0.2, -0.15) is 5.26 Å². The quantitative estimate of drug-likeness (QED) is 0.894. The van der Waals surface area contributed by atoms with Crippen molar-refractivity contribution in [1.29, 1.82) is 5.26 Å². The van der Waals surface area contributed by atoms with Gasteiger partial charge in [0.25, 0.3) is 0 Å². The van der Waals surface area contributed by atoms with Gasteiger partial charge in [-0.1, -0.05) is 13.8 Å². The molecule has 0 fully saturated rings. The SMILES string of the molecule is CC(C)(CCC#N)CN[C@H]1CCOc2ccc(F)cc21. The normalized spacial score (nSPS) is 18.0. The minimum atomic E-state index is -0.232. The van der Waals surface area contributed by atoms with Gasteiger partial charge in [-0.15, -0.1) is 0 Å². The van der Waals surface area contributed by atoms with E-state index in [9.17, 15) is 4.39 Å². The van der Waals surface area contributed by atoms with Crippen molar-refractivity contribution >= 4 is 0 Å². The molecule has 1 N–H and O–H groups in total. The van der Waals surface area contributed by atoms with Gasteiger partial charge in [-0.05, 0) is 30.0 Å². The van der Waals surface area contributed by atoms with E-state index >= 15 is 0 Å². The summed E-state index contributed by atoms with van der Waals surface area (Å²) >= 11 is 0. The second-order valence-electron chi connectivity index (χ2n) is 6.08. The third-order valence-electron chi connectivity index (χ3n) is 3.75. The van der Waals surface area contributed by atoms with Gasteiger partial charge in [-0.25, -0.2) is 4.39 Å². The van der Waals surface area contributed by atoms with E-state index in [4.69, 9.17) is 10.00 Å². The lowest BCUT2D eigenvalue weighted by atomic mass is 9.87. The van der Waals surface area contributed by atoms with Gasteiger partial charge >= 0.3 is 0 Å². The topological polar surface area (TPSA) is 45.0 Å². The zero-order valence-electron chi connectivity index (χ0n) is 12.1. The summed E-state index contributed by atoms with van der Waals surface area (Å²) in [5.74, 6) is 0.537. The van der Waals surface area contributed by atoms with Gasteiger partial charge in [-0.3, -0.25) is 0 Å². The number of rotatable bonds is 5. The van der Waals surface area contributed by atoms with E-state index in [1.807, 2.05) is 0 Å². The Morgan fingerprint density at radius 3 is 3.05 bits per heavy atom. The van der Waals surface area contributed by atoms with Crippen LogP contribution < -0.4 is 10.1 Å². The molecule has 1 heterocycles. The number of hydrogen-bond acceptors (Lipinski definition) is 3. The van der Waals surface area contributed by atoms with E-state index in [2.05, 4.69) is 25.2 Å². The molecule has 0 bridgehead atoms. The minimum absolute atomic E-state index is 0.0571. The van der Waals surface area contributed by atoms with E-state index in [1.54, 1.807) is 12.1 Å². The number of benzene rings is 1. The Balaban J connectivity index is 2.02. The van der Waals surface area contributed by atoms with Crippen molar-refractivity contribution < 1.29 is 9.13 Å². The molecule has 2 rings (SSSR count). The molecule has 1 aliphatic heterocycles. The average Bonchev–Trinajstić information content (AvgIpc) is 2.43. The fraction of sp³-hybridized carbons (Fsp3) is 0.562. The molecule has 1 aromatic rings. The molecule has 1 atom stereocenters. The van der Waals surface area contributed by atoms with Crippen LogP contribution in [-0.2, 0) is 0 Å². The Hall–Kier alpha value is -1.60. The largest absolute Gasteiger partial charge is 0.493 e. The lowest BCUT2D eigenvalue weighted by Crippen LogP contribution is -2.34. The summed E-state index contributed by atoms with van der Waals surface area (Å²) in [4.78, 5) is 0. The highest BCUT2D eigenvalue weighted by atomic mass is 19.1. The first kappa shape index (κ1) is 14.8. The molecule has 0 amide bonds. The highest BCUT2D eigenvalue weighted by Gasteiger charge is 2.25. The van der Waals surface area contributed by atoms with E-state index in [1.165, 1.54) is 6.07 Å². The van der Waals surface area contributed by atoms with Gasteiger partial charge in [0, 0.05) is 31.0 Å². The monoisotopic (exact) mass is 276 g/mol. The minimum Gasteiger partial charge on any atom is -0.493 e. The molecule has 1 aromatic carbocycles. The van der Waals surface area contributed by atoms with Crippen molar-refractivity contribution in [2.24, 2.45) is 5.41 Å². The maximum atomic E-state index is 13.4. The molecular formula is C16H21FN2O. The summed E-state index contributed by atoms with van der Waals surface area (Å²) in [6.07, 6.45) is 2.26. The molecule has 0 saturated carbocycles. The van der Waals surface area contributed by atoms with Crippen LogP contribution in [0.4, 0.5) is 4.39 Å². The molecule has 0 spiro atoms. The van der Waals surface area contributed by atoms with Gasteiger partial charge in [0.1, 0.15) is 11.6 Å². The summed E-state index contributed by atoms with van der Waals surface area (Å²) in [7, 11) is 0. The number of fused-ring (bicyclic) bond motifs is 1. The maximum absolute atomic E-state index is 13.4. The van der Waals surface area contributed by atoms with Crippen LogP contribution in [0, 0.1) is 22.6 Å². The van der Waals surface area contributed by atoms with Crippen molar-refractivity contribution in [3.63, 3.8) is 0 Å². The summed E-state index contributed by atoms with van der Waals surface area (Å²) in [6.45, 7) is 5.73. The highest BCUT2D eigenvalue weighted by Crippen LogP contribution is 2.33. The number of nitrogens with one attached hydrogen (secondary N) is 1. The van der Waals surface area contributed by atoms with Crippen LogP contribution in [0.2, 0.25) is 0 Å². The van der Waals surface area contributed by atoms with E-state index in [0.29, 0.717) is 13.0 Å². The first-order valence-electron chi connectivity index (χ1n) is 7.04. The number of nitrogens with zero attached hydrogens (tertiary/aromatic N) is 1. The standard InChI is InChI=1S/C16H21FN2O/c1-16(2,7-3-8-18)11-19-14-6-9-20-15-5-4-12(17)10-13(14)15/h4-5,10,14,19H,3,6-7,9,11H2,1-2H3/t14-/m0/s1. The Labute approximate surface area is 119 Å². The van der Waals surface area contributed by atoms with Gasteiger partial charge in [0.15, 0.2) is 0 Å². The molecule has 20 heavy (non-hydrogen) atoms. The molecule has 0 saturated heterocycles. The van der Waals surface area contributed by atoms with Gasteiger partial charge < -0.3 is 10.1 Å². The predicted molar refractivity (Wildman–Crippen MR) is 75.9 cm³/mol. The molecule has 1 aliphatic rings. The van der Waals surface area contributed by atoms with Crippen molar-refractivity contribution in [1.82, 2.24) is 5.32 Å². The zero-order valence-corrected chi connectivity index (χ0v) is 12.1. The molecule has 0 aliphatic carbocycles. The first-order valence-corrected chi connectivity index (χ1v) is 7.04. The Morgan fingerprint density at radius 2 is 2.30 bits per heavy atom. The summed E-state index contributed by atoms with van der Waals surface area (Å²) in [5.41, 5.74) is 0.953. The smallest absolute Gasteiger partial charge is 0.124 e. The summed E-state index contributed by atoms with van der Waals surface area (Å²) in [6, 6.07) is 6.98. The van der Waals surface area contributed by atoms with Crippen LogP contribution in [0.15, 0.2) is 18.2 Å². The maximum Gasteiger partial charge on any atom is 0.124 e. The van der Waals surface area contributed by atoms with Crippen LogP contribution in [0.1, 0.15) is 44.7 Å². The fourth-order valence-electron chi connectivity index (χ4n) is 2.46. The van der Waals surface area contributed by atoms with Gasteiger partial charge in [0.2, 0.25) is 0 Å². The molecule has 0 radical (unpaired) electrons. The van der Waals surface area contributed by atoms with E-state index < -0.39 is 0 Å². The third kappa shape index (κ3) is 3.71. The summed E-state index contributed by atoms with van der Waals surface area (Å²) in [5, 5.41) is 12.2. The van der Waals surface area contributed by atoms with E-state index in [0.717, 1.165) is 30.7 Å². The van der Waals surface area contributed by atoms with Crippen LogP contribution in [0.5, 0.6) is 5.75 Å².